The Morgan fingerprint density at radius 2 is 1.60 bits per heavy atom. The van der Waals surface area contributed by atoms with E-state index in [-0.39, 0.29) is 23.8 Å². The number of halogens is 4. The molecule has 1 saturated heterocycles. The Bertz CT molecular complexity index is 1280. The molecule has 2 aliphatic heterocycles. The molecule has 4 N–H and O–H groups in total. The fraction of sp³-hybridized carbons (Fsp3) is 0.429. The summed E-state index contributed by atoms with van der Waals surface area (Å²) in [6, 6.07) is 10.2. The maximum Gasteiger partial charge on any atom is 0.490 e. The summed E-state index contributed by atoms with van der Waals surface area (Å²) in [5, 5.41) is 10.5. The zero-order valence-electron chi connectivity index (χ0n) is 22.9. The van der Waals surface area contributed by atoms with E-state index in [9.17, 15) is 27.6 Å². The second kappa shape index (κ2) is 14.4. The van der Waals surface area contributed by atoms with E-state index in [2.05, 4.69) is 10.2 Å². The van der Waals surface area contributed by atoms with Crippen LogP contribution in [0.25, 0.3) is 0 Å². The number of carboxylic acid groups (broad SMARTS) is 1. The van der Waals surface area contributed by atoms with Crippen LogP contribution in [0.3, 0.4) is 0 Å². The Labute approximate surface area is 245 Å². The van der Waals surface area contributed by atoms with Crippen LogP contribution in [-0.4, -0.2) is 84.1 Å². The number of benzene rings is 2. The SMILES string of the molecule is COc1cc(N)c(Cl)cc1C(=O)NC1CCN(CCCCCN2C(=O)c3ccccc3C2=O)CC1.O=C(O)C(F)(F)F. The molecule has 0 spiro atoms. The number of ether oxygens (including phenoxy) is 1. The minimum atomic E-state index is -5.08. The fourth-order valence-electron chi connectivity index (χ4n) is 4.70. The van der Waals surface area contributed by atoms with Crippen LogP contribution in [0.15, 0.2) is 36.4 Å². The van der Waals surface area contributed by atoms with Crippen LogP contribution in [0.1, 0.15) is 63.2 Å². The number of hydrogen-bond donors (Lipinski definition) is 3. The van der Waals surface area contributed by atoms with E-state index in [1.807, 2.05) is 0 Å². The lowest BCUT2D eigenvalue weighted by atomic mass is 10.0. The van der Waals surface area contributed by atoms with Gasteiger partial charge in [0.05, 0.1) is 34.5 Å². The number of aliphatic carboxylic acids is 1. The standard InChI is InChI=1S/C26H31ClN4O4.C2HF3O2/c1-35-23-16-22(28)21(27)15-20(23)24(32)29-17-9-13-30(14-10-17)11-5-2-6-12-31-25(33)18-7-3-4-8-19(18)26(31)34;3-2(4,5)1(6)7/h3-4,7-8,15-17H,2,5-6,9-14,28H2,1H3,(H,29,32);(H,6,7). The first-order chi connectivity index (χ1) is 19.8. The van der Waals surface area contributed by atoms with E-state index in [0.717, 1.165) is 51.7 Å². The predicted octanol–water partition coefficient (Wildman–Crippen LogP) is 4.22. The Balaban J connectivity index is 0.000000616. The third kappa shape index (κ3) is 8.35. The number of rotatable bonds is 9. The molecule has 10 nitrogen and oxygen atoms in total. The molecule has 14 heteroatoms. The van der Waals surface area contributed by atoms with E-state index >= 15 is 0 Å². The molecule has 2 aliphatic rings. The molecule has 0 bridgehead atoms. The number of piperidine rings is 1. The molecule has 2 aromatic carbocycles. The molecule has 0 radical (unpaired) electrons. The molecule has 1 fully saturated rings. The molecular formula is C28H32ClF3N4O6. The summed E-state index contributed by atoms with van der Waals surface area (Å²) in [5.41, 5.74) is 7.57. The summed E-state index contributed by atoms with van der Waals surface area (Å²) in [7, 11) is 1.50. The van der Waals surface area contributed by atoms with Crippen LogP contribution < -0.4 is 15.8 Å². The van der Waals surface area contributed by atoms with Crippen LogP contribution in [0, 0.1) is 0 Å². The lowest BCUT2D eigenvalue weighted by molar-refractivity contribution is -0.192. The number of carbonyl (C=O) groups is 4. The van der Waals surface area contributed by atoms with Gasteiger partial charge >= 0.3 is 12.1 Å². The Morgan fingerprint density at radius 1 is 1.05 bits per heavy atom. The first kappa shape index (κ1) is 32.7. The second-order valence-electron chi connectivity index (χ2n) is 9.83. The van der Waals surface area contributed by atoms with Gasteiger partial charge in [0.25, 0.3) is 17.7 Å². The van der Waals surface area contributed by atoms with Gasteiger partial charge in [-0.3, -0.25) is 19.3 Å². The molecule has 0 unspecified atom stereocenters. The van der Waals surface area contributed by atoms with E-state index < -0.39 is 12.1 Å². The molecule has 3 amide bonds. The minimum absolute atomic E-state index is 0.0913. The van der Waals surface area contributed by atoms with Crippen LogP contribution in [-0.2, 0) is 4.79 Å². The number of nitrogens with one attached hydrogen (secondary N) is 1. The largest absolute Gasteiger partial charge is 0.496 e. The number of methoxy groups -OCH3 is 1. The highest BCUT2D eigenvalue weighted by molar-refractivity contribution is 6.33. The van der Waals surface area contributed by atoms with Gasteiger partial charge in [0, 0.05) is 31.7 Å². The smallest absolute Gasteiger partial charge is 0.490 e. The van der Waals surface area contributed by atoms with Gasteiger partial charge in [-0.1, -0.05) is 30.2 Å². The number of hydrogen-bond acceptors (Lipinski definition) is 7. The summed E-state index contributed by atoms with van der Waals surface area (Å²) in [4.78, 5) is 50.3. The predicted molar refractivity (Wildman–Crippen MR) is 149 cm³/mol. The van der Waals surface area contributed by atoms with E-state index in [1.54, 1.807) is 36.4 Å². The number of fused-ring (bicyclic) bond motifs is 1. The third-order valence-electron chi connectivity index (χ3n) is 6.96. The molecule has 2 aromatic rings. The Kier molecular flexibility index (Phi) is 11.2. The quantitative estimate of drug-likeness (QED) is 0.217. The highest BCUT2D eigenvalue weighted by Crippen LogP contribution is 2.29. The van der Waals surface area contributed by atoms with Crippen molar-refractivity contribution in [2.75, 3.05) is 39.0 Å². The first-order valence-electron chi connectivity index (χ1n) is 13.2. The van der Waals surface area contributed by atoms with Crippen molar-refractivity contribution in [3.8, 4) is 5.75 Å². The highest BCUT2D eigenvalue weighted by Gasteiger charge is 2.38. The maximum absolute atomic E-state index is 12.8. The molecule has 0 saturated carbocycles. The Morgan fingerprint density at radius 3 is 2.12 bits per heavy atom. The minimum Gasteiger partial charge on any atom is -0.496 e. The lowest BCUT2D eigenvalue weighted by Gasteiger charge is -2.32. The number of anilines is 1. The number of imide groups is 1. The molecule has 4 rings (SSSR count). The van der Waals surface area contributed by atoms with Gasteiger partial charge in [-0.15, -0.1) is 0 Å². The zero-order chi connectivity index (χ0) is 31.0. The van der Waals surface area contributed by atoms with E-state index in [4.69, 9.17) is 32.0 Å². The van der Waals surface area contributed by atoms with Crippen molar-refractivity contribution in [1.82, 2.24) is 15.1 Å². The van der Waals surface area contributed by atoms with Crippen molar-refractivity contribution in [3.05, 3.63) is 58.1 Å². The van der Waals surface area contributed by atoms with Gasteiger partial charge < -0.3 is 25.8 Å². The summed E-state index contributed by atoms with van der Waals surface area (Å²) in [6.07, 6.45) is -0.606. The number of amides is 3. The fourth-order valence-corrected chi connectivity index (χ4v) is 4.87. The zero-order valence-corrected chi connectivity index (χ0v) is 23.6. The number of alkyl halides is 3. The lowest BCUT2D eigenvalue weighted by Crippen LogP contribution is -2.44. The number of unbranched alkanes of at least 4 members (excludes halogenated alkanes) is 2. The van der Waals surface area contributed by atoms with Crippen molar-refractivity contribution in [1.29, 1.82) is 0 Å². The number of nitrogen functional groups attached to an aromatic ring is 1. The normalized spacial score (nSPS) is 15.6. The first-order valence-corrected chi connectivity index (χ1v) is 13.6. The van der Waals surface area contributed by atoms with Crippen LogP contribution in [0.4, 0.5) is 18.9 Å². The Hall–Kier alpha value is -3.84. The van der Waals surface area contributed by atoms with Crippen LogP contribution in [0.2, 0.25) is 5.02 Å². The highest BCUT2D eigenvalue weighted by atomic mass is 35.5. The van der Waals surface area contributed by atoms with Gasteiger partial charge in [-0.2, -0.15) is 13.2 Å². The summed E-state index contributed by atoms with van der Waals surface area (Å²) in [5.74, 6) is -2.94. The number of nitrogens with two attached hydrogens (primary N) is 1. The summed E-state index contributed by atoms with van der Waals surface area (Å²) in [6.45, 7) is 3.23. The van der Waals surface area contributed by atoms with Crippen molar-refractivity contribution in [3.63, 3.8) is 0 Å². The molecule has 42 heavy (non-hydrogen) atoms. The van der Waals surface area contributed by atoms with Gasteiger partial charge in [-0.25, -0.2) is 4.79 Å². The van der Waals surface area contributed by atoms with E-state index in [0.29, 0.717) is 39.7 Å². The monoisotopic (exact) mass is 612 g/mol. The van der Waals surface area contributed by atoms with Gasteiger partial charge in [-0.05, 0) is 50.4 Å². The summed E-state index contributed by atoms with van der Waals surface area (Å²) >= 11 is 6.09. The van der Waals surface area contributed by atoms with Crippen molar-refractivity contribution in [2.45, 2.75) is 44.3 Å². The average molecular weight is 613 g/mol. The topological polar surface area (TPSA) is 142 Å². The van der Waals surface area contributed by atoms with Crippen molar-refractivity contribution in [2.24, 2.45) is 0 Å². The van der Waals surface area contributed by atoms with Crippen LogP contribution >= 0.6 is 11.6 Å². The maximum atomic E-state index is 12.8. The molecule has 2 heterocycles. The van der Waals surface area contributed by atoms with Crippen LogP contribution in [0.5, 0.6) is 5.75 Å². The number of likely N-dealkylation sites (tertiary alicyclic amines) is 1. The molecule has 0 aliphatic carbocycles. The number of carboxylic acids is 1. The molecular weight excluding hydrogens is 581 g/mol. The average Bonchev–Trinajstić information content (AvgIpc) is 3.19. The summed E-state index contributed by atoms with van der Waals surface area (Å²) < 4.78 is 37.0. The second-order valence-corrected chi connectivity index (χ2v) is 10.2. The van der Waals surface area contributed by atoms with Gasteiger partial charge in [0.2, 0.25) is 0 Å². The van der Waals surface area contributed by atoms with E-state index in [1.165, 1.54) is 12.0 Å². The molecule has 0 atom stereocenters. The number of nitrogens with zero attached hydrogens (tertiary/aromatic N) is 2. The van der Waals surface area contributed by atoms with Crippen molar-refractivity contribution < 1.29 is 42.2 Å². The number of carbonyl (C=O) groups excluding carboxylic acids is 3. The molecule has 228 valence electrons. The van der Waals surface area contributed by atoms with Gasteiger partial charge in [0.1, 0.15) is 5.75 Å². The van der Waals surface area contributed by atoms with Crippen molar-refractivity contribution >= 4 is 41.0 Å². The third-order valence-corrected chi connectivity index (χ3v) is 7.29. The molecule has 0 aromatic heterocycles. The van der Waals surface area contributed by atoms with Gasteiger partial charge in [0.15, 0.2) is 0 Å².